The van der Waals surface area contributed by atoms with Crippen molar-refractivity contribution in [3.05, 3.63) is 24.3 Å². The van der Waals surface area contributed by atoms with Gasteiger partial charge in [-0.25, -0.2) is 0 Å². The van der Waals surface area contributed by atoms with Gasteiger partial charge >= 0.3 is 0 Å². The molecule has 1 saturated carbocycles. The van der Waals surface area contributed by atoms with Gasteiger partial charge in [0.05, 0.1) is 6.61 Å². The lowest BCUT2D eigenvalue weighted by Crippen LogP contribution is -2.51. The summed E-state index contributed by atoms with van der Waals surface area (Å²) in [6.45, 7) is 7.07. The molecule has 2 atom stereocenters. The van der Waals surface area contributed by atoms with Crippen LogP contribution in [0.4, 0.5) is 0 Å². The molecule has 3 nitrogen and oxygen atoms in total. The second-order valence-electron chi connectivity index (χ2n) is 5.94. The van der Waals surface area contributed by atoms with Gasteiger partial charge in [0.25, 0.3) is 0 Å². The maximum atomic E-state index is 6.36. The van der Waals surface area contributed by atoms with E-state index in [1.807, 2.05) is 31.2 Å². The lowest BCUT2D eigenvalue weighted by Gasteiger charge is -2.41. The molecule has 0 aliphatic heterocycles. The van der Waals surface area contributed by atoms with Crippen molar-refractivity contribution in [1.82, 2.24) is 0 Å². The van der Waals surface area contributed by atoms with Crippen molar-refractivity contribution in [2.24, 2.45) is 11.1 Å². The second-order valence-corrected chi connectivity index (χ2v) is 5.94. The van der Waals surface area contributed by atoms with Crippen LogP contribution in [0.1, 0.15) is 40.0 Å². The monoisotopic (exact) mass is 263 g/mol. The van der Waals surface area contributed by atoms with Gasteiger partial charge in [0, 0.05) is 6.04 Å². The van der Waals surface area contributed by atoms with Gasteiger partial charge in [-0.1, -0.05) is 26.0 Å². The first-order valence-corrected chi connectivity index (χ1v) is 7.18. The molecular weight excluding hydrogens is 238 g/mol. The Morgan fingerprint density at radius 2 is 1.95 bits per heavy atom. The summed E-state index contributed by atoms with van der Waals surface area (Å²) in [6.07, 6.45) is 3.43. The molecule has 19 heavy (non-hydrogen) atoms. The van der Waals surface area contributed by atoms with Crippen LogP contribution in [0.15, 0.2) is 24.3 Å². The number of nitrogens with two attached hydrogens (primary N) is 1. The van der Waals surface area contributed by atoms with Crippen molar-refractivity contribution in [3.8, 4) is 11.5 Å². The Bertz CT molecular complexity index is 417. The van der Waals surface area contributed by atoms with Crippen LogP contribution in [-0.4, -0.2) is 18.8 Å². The van der Waals surface area contributed by atoms with Gasteiger partial charge in [0.15, 0.2) is 11.5 Å². The van der Waals surface area contributed by atoms with Gasteiger partial charge < -0.3 is 15.2 Å². The molecule has 2 unspecified atom stereocenters. The molecule has 106 valence electrons. The highest BCUT2D eigenvalue weighted by Crippen LogP contribution is 2.37. The maximum absolute atomic E-state index is 6.36. The lowest BCUT2D eigenvalue weighted by molar-refractivity contribution is 0.0544. The van der Waals surface area contributed by atoms with Crippen molar-refractivity contribution in [3.63, 3.8) is 0 Å². The first-order chi connectivity index (χ1) is 9.04. The molecule has 1 aliphatic rings. The van der Waals surface area contributed by atoms with E-state index in [2.05, 4.69) is 13.8 Å². The van der Waals surface area contributed by atoms with Crippen molar-refractivity contribution < 1.29 is 9.47 Å². The van der Waals surface area contributed by atoms with Gasteiger partial charge in [0.2, 0.25) is 0 Å². The molecule has 2 rings (SSSR count). The van der Waals surface area contributed by atoms with Crippen LogP contribution in [0, 0.1) is 5.41 Å². The fourth-order valence-electron chi connectivity index (χ4n) is 2.73. The third-order valence-corrected chi connectivity index (χ3v) is 4.04. The third kappa shape index (κ3) is 3.21. The summed E-state index contributed by atoms with van der Waals surface area (Å²) in [4.78, 5) is 0. The molecule has 0 saturated heterocycles. The first-order valence-electron chi connectivity index (χ1n) is 7.18. The van der Waals surface area contributed by atoms with Crippen molar-refractivity contribution >= 4 is 0 Å². The minimum absolute atomic E-state index is 0.0657. The molecule has 0 bridgehead atoms. The average molecular weight is 263 g/mol. The highest BCUT2D eigenvalue weighted by atomic mass is 16.5. The fraction of sp³-hybridized carbons (Fsp3) is 0.625. The summed E-state index contributed by atoms with van der Waals surface area (Å²) in [5.41, 5.74) is 6.51. The molecule has 0 heterocycles. The summed E-state index contributed by atoms with van der Waals surface area (Å²) in [5.74, 6) is 1.61. The Morgan fingerprint density at radius 3 is 2.63 bits per heavy atom. The van der Waals surface area contributed by atoms with E-state index in [-0.39, 0.29) is 17.6 Å². The van der Waals surface area contributed by atoms with Gasteiger partial charge in [-0.3, -0.25) is 0 Å². The van der Waals surface area contributed by atoms with E-state index < -0.39 is 0 Å². The van der Waals surface area contributed by atoms with Crippen molar-refractivity contribution in [2.45, 2.75) is 52.2 Å². The lowest BCUT2D eigenvalue weighted by atomic mass is 9.72. The Labute approximate surface area is 116 Å². The highest BCUT2D eigenvalue weighted by molar-refractivity contribution is 5.39. The smallest absolute Gasteiger partial charge is 0.161 e. The van der Waals surface area contributed by atoms with Crippen LogP contribution in [0.3, 0.4) is 0 Å². The van der Waals surface area contributed by atoms with Crippen LogP contribution in [0.2, 0.25) is 0 Å². The minimum Gasteiger partial charge on any atom is -0.490 e. The predicted molar refractivity (Wildman–Crippen MR) is 77.6 cm³/mol. The zero-order chi connectivity index (χ0) is 13.9. The molecule has 3 heteroatoms. The highest BCUT2D eigenvalue weighted by Gasteiger charge is 2.38. The third-order valence-electron chi connectivity index (χ3n) is 4.04. The Morgan fingerprint density at radius 1 is 1.26 bits per heavy atom. The maximum Gasteiger partial charge on any atom is 0.161 e. The number of hydrogen-bond donors (Lipinski definition) is 1. The normalized spacial score (nSPS) is 25.9. The van der Waals surface area contributed by atoms with Crippen LogP contribution in [-0.2, 0) is 0 Å². The zero-order valence-corrected chi connectivity index (χ0v) is 12.2. The first kappa shape index (κ1) is 14.2. The number of para-hydroxylation sites is 2. The topological polar surface area (TPSA) is 44.5 Å². The summed E-state index contributed by atoms with van der Waals surface area (Å²) in [6, 6.07) is 7.90. The summed E-state index contributed by atoms with van der Waals surface area (Å²) < 4.78 is 11.7. The van der Waals surface area contributed by atoms with E-state index in [0.717, 1.165) is 17.9 Å². The molecule has 0 aromatic heterocycles. The molecule has 1 fully saturated rings. The molecular formula is C16H25NO2. The van der Waals surface area contributed by atoms with Crippen molar-refractivity contribution in [1.29, 1.82) is 0 Å². The summed E-state index contributed by atoms with van der Waals surface area (Å²) >= 11 is 0. The molecule has 1 aliphatic carbocycles. The molecule has 0 amide bonds. The summed E-state index contributed by atoms with van der Waals surface area (Å²) in [7, 11) is 0. The fourth-order valence-corrected chi connectivity index (χ4v) is 2.73. The Balaban J connectivity index is 2.12. The Hall–Kier alpha value is -1.22. The number of hydrogen-bond acceptors (Lipinski definition) is 3. The minimum atomic E-state index is 0.0657. The number of rotatable bonds is 4. The van der Waals surface area contributed by atoms with E-state index in [4.69, 9.17) is 15.2 Å². The van der Waals surface area contributed by atoms with Gasteiger partial charge in [-0.2, -0.15) is 0 Å². The second kappa shape index (κ2) is 5.83. The van der Waals surface area contributed by atoms with Crippen LogP contribution >= 0.6 is 0 Å². The van der Waals surface area contributed by atoms with E-state index in [1.165, 1.54) is 12.8 Å². The zero-order valence-electron chi connectivity index (χ0n) is 12.2. The van der Waals surface area contributed by atoms with E-state index in [1.54, 1.807) is 0 Å². The van der Waals surface area contributed by atoms with Crippen LogP contribution < -0.4 is 15.2 Å². The largest absolute Gasteiger partial charge is 0.490 e. The molecule has 0 radical (unpaired) electrons. The average Bonchev–Trinajstić information content (AvgIpc) is 2.37. The van der Waals surface area contributed by atoms with Gasteiger partial charge in [-0.15, -0.1) is 0 Å². The molecule has 1 aromatic rings. The number of benzene rings is 1. The molecule has 1 aromatic carbocycles. The van der Waals surface area contributed by atoms with Gasteiger partial charge in [0.1, 0.15) is 6.10 Å². The van der Waals surface area contributed by atoms with Crippen LogP contribution in [0.5, 0.6) is 11.5 Å². The van der Waals surface area contributed by atoms with Crippen molar-refractivity contribution in [2.75, 3.05) is 6.61 Å². The predicted octanol–water partition coefficient (Wildman–Crippen LogP) is 3.37. The van der Waals surface area contributed by atoms with E-state index in [9.17, 15) is 0 Å². The summed E-state index contributed by atoms with van der Waals surface area (Å²) in [5, 5.41) is 0. The van der Waals surface area contributed by atoms with Crippen LogP contribution in [0.25, 0.3) is 0 Å². The molecule has 0 spiro atoms. The standard InChI is InChI=1S/C16H25NO2/c1-4-18-12-8-5-6-9-13(12)19-14-10-7-11-16(2,3)15(14)17/h5-6,8-9,14-15H,4,7,10-11,17H2,1-3H3. The van der Waals surface area contributed by atoms with Gasteiger partial charge in [-0.05, 0) is 43.7 Å². The quantitative estimate of drug-likeness (QED) is 0.905. The molecule has 2 N–H and O–H groups in total. The number of ether oxygens (including phenoxy) is 2. The van der Waals surface area contributed by atoms with E-state index >= 15 is 0 Å². The SMILES string of the molecule is CCOc1ccccc1OC1CCCC(C)(C)C1N. The Kier molecular flexibility index (Phi) is 4.35. The van der Waals surface area contributed by atoms with E-state index in [0.29, 0.717) is 6.61 Å².